The van der Waals surface area contributed by atoms with Gasteiger partial charge in [-0.1, -0.05) is 30.7 Å². The van der Waals surface area contributed by atoms with Gasteiger partial charge in [-0.05, 0) is 55.3 Å². The quantitative estimate of drug-likeness (QED) is 0.229. The Hall–Kier alpha value is -4.20. The Balaban J connectivity index is 1.27. The number of methoxy groups -OCH3 is 3. The molecule has 0 aliphatic heterocycles. The number of amides is 1. The number of aromatic nitrogens is 2. The van der Waals surface area contributed by atoms with Crippen LogP contribution in [-0.4, -0.2) is 49.9 Å². The SMILES string of the molecule is COc1ccc(C(=O)NCCCCCc2nc3ccccc3n2CCOc2ccccc2OC)cc1OC. The fourth-order valence-electron chi connectivity index (χ4n) is 4.42. The molecule has 4 aromatic rings. The molecule has 0 spiro atoms. The third-order valence-electron chi connectivity index (χ3n) is 6.38. The fourth-order valence-corrected chi connectivity index (χ4v) is 4.42. The second-order valence-corrected chi connectivity index (χ2v) is 8.80. The lowest BCUT2D eigenvalue weighted by Gasteiger charge is -2.13. The summed E-state index contributed by atoms with van der Waals surface area (Å²) in [5.74, 6) is 3.52. The molecule has 8 heteroatoms. The van der Waals surface area contributed by atoms with Crippen LogP contribution in [0.2, 0.25) is 0 Å². The molecular formula is C30H35N3O5. The van der Waals surface area contributed by atoms with Crippen molar-refractivity contribution < 1.29 is 23.7 Å². The molecule has 1 amide bonds. The van der Waals surface area contributed by atoms with E-state index < -0.39 is 0 Å². The van der Waals surface area contributed by atoms with Gasteiger partial charge in [0, 0.05) is 18.5 Å². The van der Waals surface area contributed by atoms with Gasteiger partial charge in [-0.25, -0.2) is 4.98 Å². The van der Waals surface area contributed by atoms with E-state index in [1.54, 1.807) is 39.5 Å². The van der Waals surface area contributed by atoms with Crippen molar-refractivity contribution >= 4 is 16.9 Å². The van der Waals surface area contributed by atoms with Crippen LogP contribution in [0.3, 0.4) is 0 Å². The number of rotatable bonds is 14. The number of carbonyl (C=O) groups is 1. The van der Waals surface area contributed by atoms with Gasteiger partial charge in [-0.15, -0.1) is 0 Å². The summed E-state index contributed by atoms with van der Waals surface area (Å²) in [6, 6.07) is 21.0. The highest BCUT2D eigenvalue weighted by Gasteiger charge is 2.12. The number of imidazole rings is 1. The molecule has 0 saturated heterocycles. The summed E-state index contributed by atoms with van der Waals surface area (Å²) < 4.78 is 24.2. The first-order valence-corrected chi connectivity index (χ1v) is 12.8. The largest absolute Gasteiger partial charge is 0.493 e. The van der Waals surface area contributed by atoms with Gasteiger partial charge in [0.2, 0.25) is 0 Å². The van der Waals surface area contributed by atoms with Crippen LogP contribution >= 0.6 is 0 Å². The van der Waals surface area contributed by atoms with Crippen molar-refractivity contribution in [2.45, 2.75) is 32.2 Å². The van der Waals surface area contributed by atoms with Crippen molar-refractivity contribution in [1.82, 2.24) is 14.9 Å². The van der Waals surface area contributed by atoms with Gasteiger partial charge in [0.25, 0.3) is 5.91 Å². The summed E-state index contributed by atoms with van der Waals surface area (Å²) in [5, 5.41) is 2.99. The molecule has 1 aromatic heterocycles. The Morgan fingerprint density at radius 1 is 0.816 bits per heavy atom. The van der Waals surface area contributed by atoms with E-state index in [4.69, 9.17) is 23.9 Å². The van der Waals surface area contributed by atoms with E-state index in [0.717, 1.165) is 54.0 Å². The van der Waals surface area contributed by atoms with E-state index in [0.29, 0.717) is 36.8 Å². The van der Waals surface area contributed by atoms with Crippen LogP contribution < -0.4 is 24.3 Å². The number of fused-ring (bicyclic) bond motifs is 1. The van der Waals surface area contributed by atoms with Crippen molar-refractivity contribution in [1.29, 1.82) is 0 Å². The lowest BCUT2D eigenvalue weighted by atomic mass is 10.1. The first-order valence-electron chi connectivity index (χ1n) is 12.8. The zero-order valence-corrected chi connectivity index (χ0v) is 22.2. The number of nitrogens with one attached hydrogen (secondary N) is 1. The van der Waals surface area contributed by atoms with Crippen LogP contribution in [0.1, 0.15) is 35.4 Å². The number of aryl methyl sites for hydroxylation is 1. The lowest BCUT2D eigenvalue weighted by molar-refractivity contribution is 0.0952. The van der Waals surface area contributed by atoms with Crippen LogP contribution in [-0.2, 0) is 13.0 Å². The minimum atomic E-state index is -0.122. The molecule has 3 aromatic carbocycles. The second kappa shape index (κ2) is 13.4. The van der Waals surface area contributed by atoms with Crippen LogP contribution in [0, 0.1) is 0 Å². The minimum Gasteiger partial charge on any atom is -0.493 e. The minimum absolute atomic E-state index is 0.122. The van der Waals surface area contributed by atoms with Crippen LogP contribution in [0.25, 0.3) is 11.0 Å². The standard InChI is InChI=1S/C30H35N3O5/c1-35-25-13-8-9-14-27(25)38-20-19-33-24-12-7-6-11-23(24)32-29(33)15-5-4-10-18-31-30(34)22-16-17-26(36-2)28(21-22)37-3/h6-9,11-14,16-17,21H,4-5,10,15,18-20H2,1-3H3,(H,31,34). The molecular weight excluding hydrogens is 482 g/mol. The van der Waals surface area contributed by atoms with Crippen molar-refractivity contribution in [3.05, 3.63) is 78.1 Å². The van der Waals surface area contributed by atoms with Crippen molar-refractivity contribution in [2.24, 2.45) is 0 Å². The molecule has 8 nitrogen and oxygen atoms in total. The van der Waals surface area contributed by atoms with Gasteiger partial charge in [0.15, 0.2) is 23.0 Å². The summed E-state index contributed by atoms with van der Waals surface area (Å²) >= 11 is 0. The highest BCUT2D eigenvalue weighted by molar-refractivity contribution is 5.94. The molecule has 0 saturated carbocycles. The Labute approximate surface area is 223 Å². The number of nitrogens with zero attached hydrogens (tertiary/aromatic N) is 2. The summed E-state index contributed by atoms with van der Waals surface area (Å²) in [4.78, 5) is 17.4. The Kier molecular flexibility index (Phi) is 9.45. The molecule has 38 heavy (non-hydrogen) atoms. The molecule has 0 bridgehead atoms. The molecule has 4 rings (SSSR count). The van der Waals surface area contributed by atoms with Gasteiger partial charge in [-0.2, -0.15) is 0 Å². The number of carbonyl (C=O) groups excluding carboxylic acids is 1. The van der Waals surface area contributed by atoms with Crippen LogP contribution in [0.5, 0.6) is 23.0 Å². The summed E-state index contributed by atoms with van der Waals surface area (Å²) in [6.45, 7) is 1.81. The fraction of sp³-hybridized carbons (Fsp3) is 0.333. The Morgan fingerprint density at radius 3 is 2.32 bits per heavy atom. The van der Waals surface area contributed by atoms with Crippen molar-refractivity contribution in [3.8, 4) is 23.0 Å². The van der Waals surface area contributed by atoms with Gasteiger partial charge in [0.05, 0.1) is 38.9 Å². The summed E-state index contributed by atoms with van der Waals surface area (Å²) in [6.07, 6.45) is 3.69. The zero-order chi connectivity index (χ0) is 26.7. The normalized spacial score (nSPS) is 10.8. The second-order valence-electron chi connectivity index (χ2n) is 8.80. The number of hydrogen-bond acceptors (Lipinski definition) is 6. The predicted molar refractivity (Wildman–Crippen MR) is 148 cm³/mol. The Bertz CT molecular complexity index is 1350. The Morgan fingerprint density at radius 2 is 1.53 bits per heavy atom. The molecule has 0 atom stereocenters. The summed E-state index contributed by atoms with van der Waals surface area (Å²) in [5.41, 5.74) is 2.64. The number of para-hydroxylation sites is 4. The van der Waals surface area contributed by atoms with E-state index in [1.165, 1.54) is 0 Å². The molecule has 0 radical (unpaired) electrons. The van der Waals surface area contributed by atoms with Crippen molar-refractivity contribution in [3.63, 3.8) is 0 Å². The van der Waals surface area contributed by atoms with E-state index in [9.17, 15) is 4.79 Å². The van der Waals surface area contributed by atoms with Crippen molar-refractivity contribution in [2.75, 3.05) is 34.5 Å². The van der Waals surface area contributed by atoms with Gasteiger partial charge in [0.1, 0.15) is 12.4 Å². The third-order valence-corrected chi connectivity index (χ3v) is 6.38. The molecule has 0 aliphatic carbocycles. The first-order chi connectivity index (χ1) is 18.6. The first kappa shape index (κ1) is 26.9. The average molecular weight is 518 g/mol. The zero-order valence-electron chi connectivity index (χ0n) is 22.2. The molecule has 0 unspecified atom stereocenters. The maximum Gasteiger partial charge on any atom is 0.251 e. The number of unbranched alkanes of at least 4 members (excludes halogenated alkanes) is 2. The molecule has 1 heterocycles. The van der Waals surface area contributed by atoms with E-state index >= 15 is 0 Å². The highest BCUT2D eigenvalue weighted by atomic mass is 16.5. The maximum atomic E-state index is 12.5. The maximum absolute atomic E-state index is 12.5. The lowest BCUT2D eigenvalue weighted by Crippen LogP contribution is -2.24. The monoisotopic (exact) mass is 517 g/mol. The molecule has 0 aliphatic rings. The number of benzene rings is 3. The third kappa shape index (κ3) is 6.56. The smallest absolute Gasteiger partial charge is 0.251 e. The van der Waals surface area contributed by atoms with E-state index in [-0.39, 0.29) is 5.91 Å². The van der Waals surface area contributed by atoms with Crippen LogP contribution in [0.4, 0.5) is 0 Å². The highest BCUT2D eigenvalue weighted by Crippen LogP contribution is 2.28. The molecule has 0 fully saturated rings. The number of hydrogen-bond donors (Lipinski definition) is 1. The number of ether oxygens (including phenoxy) is 4. The molecule has 1 N–H and O–H groups in total. The van der Waals surface area contributed by atoms with Gasteiger partial charge in [-0.3, -0.25) is 4.79 Å². The van der Waals surface area contributed by atoms with E-state index in [1.807, 2.05) is 42.5 Å². The average Bonchev–Trinajstić information content (AvgIpc) is 3.31. The van der Waals surface area contributed by atoms with Gasteiger partial charge >= 0.3 is 0 Å². The van der Waals surface area contributed by atoms with Gasteiger partial charge < -0.3 is 28.8 Å². The topological polar surface area (TPSA) is 83.8 Å². The van der Waals surface area contributed by atoms with E-state index in [2.05, 4.69) is 16.0 Å². The summed E-state index contributed by atoms with van der Waals surface area (Å²) in [7, 11) is 4.77. The predicted octanol–water partition coefficient (Wildman–Crippen LogP) is 5.28. The molecule has 200 valence electrons. The van der Waals surface area contributed by atoms with Crippen LogP contribution in [0.15, 0.2) is 66.7 Å².